The maximum absolute atomic E-state index is 12.0. The normalized spacial score (nSPS) is 19.9. The predicted octanol–water partition coefficient (Wildman–Crippen LogP) is 0.917. The molecule has 8 heteroatoms. The first kappa shape index (κ1) is 19.2. The molecule has 1 aromatic carbocycles. The van der Waals surface area contributed by atoms with E-state index in [-0.39, 0.29) is 18.1 Å². The van der Waals surface area contributed by atoms with Crippen LogP contribution in [0.25, 0.3) is 0 Å². The highest BCUT2D eigenvalue weighted by molar-refractivity contribution is 7.91. The number of amides is 1. The van der Waals surface area contributed by atoms with Gasteiger partial charge in [-0.15, -0.1) is 0 Å². The second-order valence-electron chi connectivity index (χ2n) is 6.25. The molecule has 0 saturated carbocycles. The molecule has 1 fully saturated rings. The summed E-state index contributed by atoms with van der Waals surface area (Å²) in [4.78, 5) is 23.9. The van der Waals surface area contributed by atoms with E-state index in [0.717, 1.165) is 11.1 Å². The molecule has 1 aliphatic heterocycles. The Kier molecular flexibility index (Phi) is 6.05. The van der Waals surface area contributed by atoms with E-state index < -0.39 is 33.9 Å². The molecule has 1 amide bonds. The van der Waals surface area contributed by atoms with Gasteiger partial charge >= 0.3 is 5.97 Å². The number of rotatable bonds is 6. The van der Waals surface area contributed by atoms with Crippen LogP contribution < -0.4 is 10.1 Å². The topological polar surface area (TPSA) is 98.8 Å². The van der Waals surface area contributed by atoms with Crippen molar-refractivity contribution in [3.63, 3.8) is 0 Å². The van der Waals surface area contributed by atoms with Crippen LogP contribution in [0.5, 0.6) is 5.75 Å². The summed E-state index contributed by atoms with van der Waals surface area (Å²) < 4.78 is 33.3. The zero-order chi connectivity index (χ0) is 18.6. The van der Waals surface area contributed by atoms with E-state index in [4.69, 9.17) is 9.47 Å². The SMILES string of the molecule is Cc1cccc(C)c1OCC(=O)O[C@H](C)C(=O)N[C@@H]1CCS(=O)(=O)C1. The Morgan fingerprint density at radius 3 is 2.48 bits per heavy atom. The Labute approximate surface area is 147 Å². The van der Waals surface area contributed by atoms with Crippen molar-refractivity contribution in [2.45, 2.75) is 39.3 Å². The smallest absolute Gasteiger partial charge is 0.344 e. The van der Waals surface area contributed by atoms with Crippen molar-refractivity contribution in [3.8, 4) is 5.75 Å². The number of ether oxygens (including phenoxy) is 2. The van der Waals surface area contributed by atoms with Gasteiger partial charge in [0, 0.05) is 6.04 Å². The van der Waals surface area contributed by atoms with Gasteiger partial charge in [0.15, 0.2) is 22.5 Å². The molecule has 138 valence electrons. The Morgan fingerprint density at radius 1 is 1.28 bits per heavy atom. The standard InChI is InChI=1S/C17H23NO6S/c1-11-5-4-6-12(2)16(11)23-9-15(19)24-13(3)17(20)18-14-7-8-25(21,22)10-14/h4-6,13-14H,7-10H2,1-3H3,(H,18,20)/t13-,14-/m1/s1. The van der Waals surface area contributed by atoms with Crippen molar-refractivity contribution >= 4 is 21.7 Å². The van der Waals surface area contributed by atoms with E-state index in [0.29, 0.717) is 12.2 Å². The monoisotopic (exact) mass is 369 g/mol. The van der Waals surface area contributed by atoms with Crippen LogP contribution in [0.3, 0.4) is 0 Å². The first-order chi connectivity index (χ1) is 11.7. The molecular weight excluding hydrogens is 346 g/mol. The minimum atomic E-state index is -3.08. The van der Waals surface area contributed by atoms with Gasteiger partial charge in [0.25, 0.3) is 5.91 Å². The van der Waals surface area contributed by atoms with Gasteiger partial charge in [-0.05, 0) is 38.3 Å². The van der Waals surface area contributed by atoms with Crippen molar-refractivity contribution in [2.75, 3.05) is 18.1 Å². The highest BCUT2D eigenvalue weighted by atomic mass is 32.2. The fourth-order valence-corrected chi connectivity index (χ4v) is 4.34. The average Bonchev–Trinajstić information content (AvgIpc) is 2.85. The molecule has 1 heterocycles. The van der Waals surface area contributed by atoms with Gasteiger partial charge in [-0.25, -0.2) is 13.2 Å². The van der Waals surface area contributed by atoms with Gasteiger partial charge < -0.3 is 14.8 Å². The van der Waals surface area contributed by atoms with E-state index in [9.17, 15) is 18.0 Å². The number of nitrogens with one attached hydrogen (secondary N) is 1. The van der Waals surface area contributed by atoms with Gasteiger partial charge in [-0.1, -0.05) is 18.2 Å². The van der Waals surface area contributed by atoms with Crippen molar-refractivity contribution in [3.05, 3.63) is 29.3 Å². The molecule has 0 radical (unpaired) electrons. The maximum atomic E-state index is 12.0. The molecule has 2 rings (SSSR count). The summed E-state index contributed by atoms with van der Waals surface area (Å²) in [7, 11) is -3.08. The van der Waals surface area contributed by atoms with Crippen LogP contribution in [0.15, 0.2) is 18.2 Å². The van der Waals surface area contributed by atoms with Crippen molar-refractivity contribution in [2.24, 2.45) is 0 Å². The van der Waals surface area contributed by atoms with Crippen molar-refractivity contribution in [1.82, 2.24) is 5.32 Å². The summed E-state index contributed by atoms with van der Waals surface area (Å²) in [6.07, 6.45) is -0.637. The third-order valence-corrected chi connectivity index (χ3v) is 5.77. The third kappa shape index (κ3) is 5.45. The first-order valence-corrected chi connectivity index (χ1v) is 9.89. The Bertz CT molecular complexity index is 738. The summed E-state index contributed by atoms with van der Waals surface area (Å²) in [5, 5.41) is 2.60. The van der Waals surface area contributed by atoms with Crippen LogP contribution >= 0.6 is 0 Å². The number of aryl methyl sites for hydroxylation is 2. The number of esters is 1. The van der Waals surface area contributed by atoms with Crippen LogP contribution in [0.2, 0.25) is 0 Å². The zero-order valence-corrected chi connectivity index (χ0v) is 15.4. The lowest BCUT2D eigenvalue weighted by molar-refractivity contribution is -0.156. The number of carbonyl (C=O) groups is 2. The molecule has 7 nitrogen and oxygen atoms in total. The van der Waals surface area contributed by atoms with Gasteiger partial charge in [0.05, 0.1) is 11.5 Å². The Morgan fingerprint density at radius 2 is 1.92 bits per heavy atom. The summed E-state index contributed by atoms with van der Waals surface area (Å²) in [6.45, 7) is 4.88. The van der Waals surface area contributed by atoms with Gasteiger partial charge in [-0.3, -0.25) is 4.79 Å². The second kappa shape index (κ2) is 7.86. The molecule has 25 heavy (non-hydrogen) atoms. The van der Waals surface area contributed by atoms with Crippen LogP contribution in [0, 0.1) is 13.8 Å². The van der Waals surface area contributed by atoms with Gasteiger partial charge in [0.2, 0.25) is 0 Å². The summed E-state index contributed by atoms with van der Waals surface area (Å²) in [5.74, 6) is -0.565. The number of hydrogen-bond donors (Lipinski definition) is 1. The molecule has 2 atom stereocenters. The predicted molar refractivity (Wildman–Crippen MR) is 92.2 cm³/mol. The first-order valence-electron chi connectivity index (χ1n) is 8.07. The molecule has 0 unspecified atom stereocenters. The van der Waals surface area contributed by atoms with Crippen LogP contribution in [-0.4, -0.2) is 50.6 Å². The average molecular weight is 369 g/mol. The van der Waals surface area contributed by atoms with E-state index in [1.54, 1.807) is 0 Å². The molecule has 1 N–H and O–H groups in total. The van der Waals surface area contributed by atoms with E-state index in [1.165, 1.54) is 6.92 Å². The Hall–Kier alpha value is -2.09. The van der Waals surface area contributed by atoms with Gasteiger partial charge in [0.1, 0.15) is 5.75 Å². The summed E-state index contributed by atoms with van der Waals surface area (Å²) >= 11 is 0. The molecule has 0 aromatic heterocycles. The van der Waals surface area contributed by atoms with E-state index >= 15 is 0 Å². The number of para-hydroxylation sites is 1. The molecule has 1 aromatic rings. The molecule has 1 saturated heterocycles. The summed E-state index contributed by atoms with van der Waals surface area (Å²) in [6, 6.07) is 5.22. The van der Waals surface area contributed by atoms with E-state index in [2.05, 4.69) is 5.32 Å². The molecule has 0 spiro atoms. The maximum Gasteiger partial charge on any atom is 0.344 e. The Balaban J connectivity index is 1.80. The van der Waals surface area contributed by atoms with Crippen LogP contribution in [0.1, 0.15) is 24.5 Å². The van der Waals surface area contributed by atoms with Crippen LogP contribution in [-0.2, 0) is 24.2 Å². The molecule has 0 bridgehead atoms. The third-order valence-electron chi connectivity index (χ3n) is 4.00. The number of sulfone groups is 1. The minimum absolute atomic E-state index is 0.0652. The molecular formula is C17H23NO6S. The lowest BCUT2D eigenvalue weighted by Gasteiger charge is -2.17. The number of hydrogen-bond acceptors (Lipinski definition) is 6. The fraction of sp³-hybridized carbons (Fsp3) is 0.529. The van der Waals surface area contributed by atoms with E-state index in [1.807, 2.05) is 32.0 Å². The minimum Gasteiger partial charge on any atom is -0.481 e. The fourth-order valence-electron chi connectivity index (χ4n) is 2.67. The van der Waals surface area contributed by atoms with Crippen molar-refractivity contribution in [1.29, 1.82) is 0 Å². The highest BCUT2D eigenvalue weighted by Gasteiger charge is 2.30. The molecule has 0 aliphatic carbocycles. The molecule has 1 aliphatic rings. The lowest BCUT2D eigenvalue weighted by atomic mass is 10.1. The second-order valence-corrected chi connectivity index (χ2v) is 8.48. The zero-order valence-electron chi connectivity index (χ0n) is 14.6. The highest BCUT2D eigenvalue weighted by Crippen LogP contribution is 2.22. The number of benzene rings is 1. The lowest BCUT2D eigenvalue weighted by Crippen LogP contribution is -2.43. The quantitative estimate of drug-likeness (QED) is 0.749. The van der Waals surface area contributed by atoms with Gasteiger partial charge in [-0.2, -0.15) is 0 Å². The number of carbonyl (C=O) groups excluding carboxylic acids is 2. The van der Waals surface area contributed by atoms with Crippen molar-refractivity contribution < 1.29 is 27.5 Å². The summed E-state index contributed by atoms with van der Waals surface area (Å²) in [5.41, 5.74) is 1.81. The van der Waals surface area contributed by atoms with Crippen LogP contribution in [0.4, 0.5) is 0 Å². The largest absolute Gasteiger partial charge is 0.481 e.